The summed E-state index contributed by atoms with van der Waals surface area (Å²) >= 11 is 0. The second kappa shape index (κ2) is 4.66. The average molecular weight is 161 g/mol. The van der Waals surface area contributed by atoms with Crippen LogP contribution < -0.4 is 5.32 Å². The van der Waals surface area contributed by atoms with E-state index >= 15 is 0 Å². The molecule has 2 atom stereocenters. The quantitative estimate of drug-likeness (QED) is 0.480. The van der Waals surface area contributed by atoms with Gasteiger partial charge in [-0.15, -0.1) is 0 Å². The highest BCUT2D eigenvalue weighted by atomic mass is 16.5. The summed E-state index contributed by atoms with van der Waals surface area (Å²) in [6.07, 6.45) is 0.491. The number of hydrogen-bond donors (Lipinski definition) is 3. The molecule has 0 saturated carbocycles. The first-order chi connectivity index (χ1) is 5.33. The second-order valence-electron chi connectivity index (χ2n) is 2.78. The Morgan fingerprint density at radius 2 is 2.45 bits per heavy atom. The minimum absolute atomic E-state index is 0.219. The lowest BCUT2D eigenvalue weighted by molar-refractivity contribution is -0.0218. The largest absolute Gasteiger partial charge is 0.394 e. The SMILES string of the molecule is OCC(O)COC1CCNC1. The fraction of sp³-hybridized carbons (Fsp3) is 1.00. The third kappa shape index (κ3) is 3.16. The molecule has 11 heavy (non-hydrogen) atoms. The van der Waals surface area contributed by atoms with Gasteiger partial charge in [-0.2, -0.15) is 0 Å². The molecule has 0 spiro atoms. The van der Waals surface area contributed by atoms with Crippen molar-refractivity contribution in [3.63, 3.8) is 0 Å². The molecule has 1 fully saturated rings. The normalized spacial score (nSPS) is 27.3. The zero-order chi connectivity index (χ0) is 8.10. The van der Waals surface area contributed by atoms with E-state index in [0.29, 0.717) is 0 Å². The smallest absolute Gasteiger partial charge is 0.100 e. The first kappa shape index (κ1) is 8.93. The molecule has 0 aromatic rings. The summed E-state index contributed by atoms with van der Waals surface area (Å²) in [5.41, 5.74) is 0. The molecule has 4 nitrogen and oxygen atoms in total. The molecule has 0 aromatic heterocycles. The van der Waals surface area contributed by atoms with Crippen molar-refractivity contribution in [2.24, 2.45) is 0 Å². The van der Waals surface area contributed by atoms with E-state index in [4.69, 9.17) is 14.9 Å². The molecule has 1 aliphatic heterocycles. The lowest BCUT2D eigenvalue weighted by atomic mass is 10.3. The van der Waals surface area contributed by atoms with Gasteiger partial charge in [-0.25, -0.2) is 0 Å². The standard InChI is InChI=1S/C7H15NO3/c9-4-6(10)5-11-7-1-2-8-3-7/h6-10H,1-5H2. The van der Waals surface area contributed by atoms with Gasteiger partial charge >= 0.3 is 0 Å². The maximum atomic E-state index is 8.92. The van der Waals surface area contributed by atoms with Crippen LogP contribution in [0.3, 0.4) is 0 Å². The molecular formula is C7H15NO3. The van der Waals surface area contributed by atoms with Gasteiger partial charge < -0.3 is 20.3 Å². The molecule has 1 heterocycles. The van der Waals surface area contributed by atoms with Crippen LogP contribution in [-0.2, 0) is 4.74 Å². The molecule has 1 aliphatic rings. The molecule has 0 aliphatic carbocycles. The molecule has 1 rings (SSSR count). The van der Waals surface area contributed by atoms with Gasteiger partial charge in [-0.1, -0.05) is 0 Å². The molecule has 3 N–H and O–H groups in total. The third-order valence-corrected chi connectivity index (χ3v) is 1.75. The lowest BCUT2D eigenvalue weighted by Crippen LogP contribution is -2.25. The van der Waals surface area contributed by atoms with Crippen LogP contribution in [0.25, 0.3) is 0 Å². The summed E-state index contributed by atoms with van der Waals surface area (Å²) in [7, 11) is 0. The van der Waals surface area contributed by atoms with Crippen LogP contribution in [-0.4, -0.2) is 48.7 Å². The maximum absolute atomic E-state index is 8.92. The lowest BCUT2D eigenvalue weighted by Gasteiger charge is -2.12. The Kier molecular flexibility index (Phi) is 3.79. The van der Waals surface area contributed by atoms with Crippen LogP contribution >= 0.6 is 0 Å². The highest BCUT2D eigenvalue weighted by Gasteiger charge is 2.15. The number of nitrogens with one attached hydrogen (secondary N) is 1. The zero-order valence-corrected chi connectivity index (χ0v) is 6.49. The number of aliphatic hydroxyl groups is 2. The first-order valence-corrected chi connectivity index (χ1v) is 3.94. The third-order valence-electron chi connectivity index (χ3n) is 1.75. The monoisotopic (exact) mass is 161 g/mol. The predicted molar refractivity (Wildman–Crippen MR) is 40.3 cm³/mol. The number of rotatable bonds is 4. The molecule has 0 aromatic carbocycles. The summed E-state index contributed by atoms with van der Waals surface area (Å²) < 4.78 is 5.28. The molecule has 66 valence electrons. The van der Waals surface area contributed by atoms with Crippen molar-refractivity contribution in [1.29, 1.82) is 0 Å². The van der Waals surface area contributed by atoms with Crippen LogP contribution in [0, 0.1) is 0 Å². The van der Waals surface area contributed by atoms with E-state index in [-0.39, 0.29) is 19.3 Å². The Hall–Kier alpha value is -0.160. The summed E-state index contributed by atoms with van der Waals surface area (Å²) in [5, 5.41) is 20.5. The minimum atomic E-state index is -0.726. The van der Waals surface area contributed by atoms with E-state index in [1.165, 1.54) is 0 Å². The Morgan fingerprint density at radius 1 is 1.64 bits per heavy atom. The fourth-order valence-corrected chi connectivity index (χ4v) is 1.07. The van der Waals surface area contributed by atoms with Crippen LogP contribution in [0.5, 0.6) is 0 Å². The van der Waals surface area contributed by atoms with Crippen molar-refractivity contribution >= 4 is 0 Å². The Balaban J connectivity index is 2.01. The second-order valence-corrected chi connectivity index (χ2v) is 2.78. The zero-order valence-electron chi connectivity index (χ0n) is 6.49. The summed E-state index contributed by atoms with van der Waals surface area (Å²) in [6.45, 7) is 1.86. The van der Waals surface area contributed by atoms with E-state index in [0.717, 1.165) is 19.5 Å². The Bertz CT molecular complexity index is 104. The molecule has 4 heteroatoms. The van der Waals surface area contributed by atoms with E-state index < -0.39 is 6.10 Å². The molecule has 0 amide bonds. The molecule has 0 radical (unpaired) electrons. The number of ether oxygens (including phenoxy) is 1. The molecule has 2 unspecified atom stereocenters. The van der Waals surface area contributed by atoms with Gasteiger partial charge in [0.1, 0.15) is 6.10 Å². The first-order valence-electron chi connectivity index (χ1n) is 3.94. The van der Waals surface area contributed by atoms with Gasteiger partial charge in [0.2, 0.25) is 0 Å². The van der Waals surface area contributed by atoms with E-state index in [1.807, 2.05) is 0 Å². The topological polar surface area (TPSA) is 61.7 Å². The van der Waals surface area contributed by atoms with Gasteiger partial charge in [-0.3, -0.25) is 0 Å². The number of aliphatic hydroxyl groups excluding tert-OH is 2. The van der Waals surface area contributed by atoms with Crippen molar-refractivity contribution in [3.8, 4) is 0 Å². The Morgan fingerprint density at radius 3 is 3.00 bits per heavy atom. The molecule has 1 saturated heterocycles. The van der Waals surface area contributed by atoms with Crippen molar-refractivity contribution in [3.05, 3.63) is 0 Å². The van der Waals surface area contributed by atoms with E-state index in [1.54, 1.807) is 0 Å². The van der Waals surface area contributed by atoms with Crippen LogP contribution in [0.1, 0.15) is 6.42 Å². The maximum Gasteiger partial charge on any atom is 0.100 e. The Labute approximate surface area is 66.2 Å². The van der Waals surface area contributed by atoms with Gasteiger partial charge in [0, 0.05) is 6.54 Å². The summed E-state index contributed by atoms with van der Waals surface area (Å²) in [5.74, 6) is 0. The highest BCUT2D eigenvalue weighted by Crippen LogP contribution is 2.02. The van der Waals surface area contributed by atoms with Gasteiger partial charge in [-0.05, 0) is 13.0 Å². The fourth-order valence-electron chi connectivity index (χ4n) is 1.07. The van der Waals surface area contributed by atoms with Crippen LogP contribution in [0.15, 0.2) is 0 Å². The van der Waals surface area contributed by atoms with Gasteiger partial charge in [0.15, 0.2) is 0 Å². The van der Waals surface area contributed by atoms with E-state index in [2.05, 4.69) is 5.32 Å². The van der Waals surface area contributed by atoms with E-state index in [9.17, 15) is 0 Å². The van der Waals surface area contributed by atoms with Crippen molar-refractivity contribution in [2.45, 2.75) is 18.6 Å². The van der Waals surface area contributed by atoms with Crippen molar-refractivity contribution in [2.75, 3.05) is 26.3 Å². The summed E-state index contributed by atoms with van der Waals surface area (Å²) in [6, 6.07) is 0. The molecule has 0 bridgehead atoms. The van der Waals surface area contributed by atoms with Gasteiger partial charge in [0.25, 0.3) is 0 Å². The van der Waals surface area contributed by atoms with Crippen LogP contribution in [0.4, 0.5) is 0 Å². The number of hydrogen-bond acceptors (Lipinski definition) is 4. The predicted octanol–water partition coefficient (Wildman–Crippen LogP) is -1.28. The van der Waals surface area contributed by atoms with Crippen molar-refractivity contribution < 1.29 is 14.9 Å². The van der Waals surface area contributed by atoms with Crippen LogP contribution in [0.2, 0.25) is 0 Å². The van der Waals surface area contributed by atoms with Crippen molar-refractivity contribution in [1.82, 2.24) is 5.32 Å². The summed E-state index contributed by atoms with van der Waals surface area (Å²) in [4.78, 5) is 0. The average Bonchev–Trinajstić information content (AvgIpc) is 2.52. The molecular weight excluding hydrogens is 146 g/mol. The minimum Gasteiger partial charge on any atom is -0.394 e. The van der Waals surface area contributed by atoms with Gasteiger partial charge in [0.05, 0.1) is 19.3 Å². The highest BCUT2D eigenvalue weighted by molar-refractivity contribution is 4.71.